The van der Waals surface area contributed by atoms with E-state index in [4.69, 9.17) is 4.74 Å². The van der Waals surface area contributed by atoms with E-state index in [0.29, 0.717) is 17.0 Å². The van der Waals surface area contributed by atoms with Gasteiger partial charge in [-0.2, -0.15) is 10.2 Å². The molecule has 114 valence electrons. The van der Waals surface area contributed by atoms with E-state index in [9.17, 15) is 4.79 Å². The summed E-state index contributed by atoms with van der Waals surface area (Å²) in [5, 5.41) is 14.6. The third kappa shape index (κ3) is 2.16. The lowest BCUT2D eigenvalue weighted by Crippen LogP contribution is -2.13. The molecule has 8 nitrogen and oxygen atoms in total. The van der Waals surface area contributed by atoms with Crippen LogP contribution in [0.2, 0.25) is 0 Å². The van der Waals surface area contributed by atoms with Crippen LogP contribution in [0.4, 0.5) is 5.69 Å². The fraction of sp³-hybridized carbons (Fsp3) is 0.0667. The molecule has 23 heavy (non-hydrogen) atoms. The van der Waals surface area contributed by atoms with Gasteiger partial charge in [0.1, 0.15) is 12.1 Å². The lowest BCUT2D eigenvalue weighted by atomic mass is 10.1. The number of rotatable bonds is 3. The van der Waals surface area contributed by atoms with Crippen LogP contribution in [-0.2, 0) is 0 Å². The molecule has 0 radical (unpaired) electrons. The predicted molar refractivity (Wildman–Crippen MR) is 83.6 cm³/mol. The quantitative estimate of drug-likeness (QED) is 0.602. The highest BCUT2D eigenvalue weighted by molar-refractivity contribution is 6.09. The van der Waals surface area contributed by atoms with E-state index in [2.05, 4.69) is 25.6 Å². The number of nitrogens with one attached hydrogen (secondary N) is 2. The molecule has 0 bridgehead atoms. The van der Waals surface area contributed by atoms with Crippen LogP contribution in [0.5, 0.6) is 5.75 Å². The van der Waals surface area contributed by atoms with E-state index in [1.165, 1.54) is 7.11 Å². The van der Waals surface area contributed by atoms with Crippen molar-refractivity contribution in [3.8, 4) is 5.75 Å². The average molecular weight is 308 g/mol. The number of aromatic amines is 1. The minimum absolute atomic E-state index is 0.281. The van der Waals surface area contributed by atoms with Gasteiger partial charge >= 0.3 is 0 Å². The second-order valence-electron chi connectivity index (χ2n) is 4.93. The topological polar surface area (TPSA) is 97.2 Å². The Hall–Kier alpha value is -3.42. The van der Waals surface area contributed by atoms with Crippen LogP contribution < -0.4 is 10.1 Å². The maximum atomic E-state index is 12.6. The fourth-order valence-electron chi connectivity index (χ4n) is 2.45. The van der Waals surface area contributed by atoms with Crippen molar-refractivity contribution < 1.29 is 9.53 Å². The Labute approximate surface area is 130 Å². The highest BCUT2D eigenvalue weighted by Gasteiger charge is 2.16. The number of carbonyl (C=O) groups is 1. The molecule has 1 aromatic carbocycles. The number of methoxy groups -OCH3 is 1. The normalized spacial score (nSPS) is 11.0. The number of hydrogen-bond donors (Lipinski definition) is 2. The Bertz CT molecular complexity index is 1020. The highest BCUT2D eigenvalue weighted by atomic mass is 16.5. The zero-order chi connectivity index (χ0) is 15.8. The molecule has 3 aromatic heterocycles. The minimum atomic E-state index is -0.281. The van der Waals surface area contributed by atoms with Gasteiger partial charge in [-0.25, -0.2) is 9.50 Å². The molecule has 2 N–H and O–H groups in total. The van der Waals surface area contributed by atoms with Crippen molar-refractivity contribution >= 4 is 28.0 Å². The van der Waals surface area contributed by atoms with Crippen molar-refractivity contribution in [2.24, 2.45) is 0 Å². The largest absolute Gasteiger partial charge is 0.496 e. The van der Waals surface area contributed by atoms with Gasteiger partial charge in [-0.1, -0.05) is 0 Å². The molecule has 3 heterocycles. The molecule has 4 rings (SSSR count). The number of amides is 1. The Morgan fingerprint density at radius 2 is 2.26 bits per heavy atom. The van der Waals surface area contributed by atoms with Gasteiger partial charge in [-0.15, -0.1) is 0 Å². The standard InChI is InChI=1S/C15H12N6O2/c1-23-14-5-11-9(6-17-20-11)4-10(14)15(22)19-12-7-18-21-8-16-3-2-13(12)21/h2-8H,1H3,(H,17,20)(H,19,22). The summed E-state index contributed by atoms with van der Waals surface area (Å²) in [5.41, 5.74) is 2.60. The maximum Gasteiger partial charge on any atom is 0.259 e. The van der Waals surface area contributed by atoms with E-state index in [1.54, 1.807) is 47.6 Å². The summed E-state index contributed by atoms with van der Waals surface area (Å²) in [7, 11) is 1.52. The first-order chi connectivity index (χ1) is 11.3. The molecule has 1 amide bonds. The average Bonchev–Trinajstić information content (AvgIpc) is 3.20. The zero-order valence-electron chi connectivity index (χ0n) is 12.1. The summed E-state index contributed by atoms with van der Waals surface area (Å²) < 4.78 is 6.90. The number of aromatic nitrogens is 5. The summed E-state index contributed by atoms with van der Waals surface area (Å²) in [5.74, 6) is 0.189. The second kappa shape index (κ2) is 5.09. The molecule has 0 saturated carbocycles. The number of fused-ring (bicyclic) bond motifs is 2. The summed E-state index contributed by atoms with van der Waals surface area (Å²) in [6, 6.07) is 5.26. The van der Waals surface area contributed by atoms with Crippen molar-refractivity contribution in [1.82, 2.24) is 24.8 Å². The van der Waals surface area contributed by atoms with Crippen molar-refractivity contribution in [2.75, 3.05) is 12.4 Å². The minimum Gasteiger partial charge on any atom is -0.496 e. The maximum absolute atomic E-state index is 12.6. The van der Waals surface area contributed by atoms with Gasteiger partial charge < -0.3 is 10.1 Å². The first-order valence-corrected chi connectivity index (χ1v) is 6.86. The summed E-state index contributed by atoms with van der Waals surface area (Å²) in [6.07, 6.45) is 6.46. The molecule has 0 aliphatic heterocycles. The van der Waals surface area contributed by atoms with E-state index >= 15 is 0 Å². The van der Waals surface area contributed by atoms with Crippen molar-refractivity contribution in [3.63, 3.8) is 0 Å². The molecule has 8 heteroatoms. The van der Waals surface area contributed by atoms with Crippen LogP contribution in [0.3, 0.4) is 0 Å². The molecular formula is C15H12N6O2. The summed E-state index contributed by atoms with van der Waals surface area (Å²) >= 11 is 0. The molecule has 0 spiro atoms. The number of benzene rings is 1. The van der Waals surface area contributed by atoms with Gasteiger partial charge in [0.05, 0.1) is 41.8 Å². The molecule has 0 fully saturated rings. The molecule has 0 aliphatic rings. The second-order valence-corrected chi connectivity index (χ2v) is 4.93. The van der Waals surface area contributed by atoms with Crippen LogP contribution in [0.15, 0.2) is 43.1 Å². The summed E-state index contributed by atoms with van der Waals surface area (Å²) in [4.78, 5) is 16.6. The van der Waals surface area contributed by atoms with Crippen molar-refractivity contribution in [3.05, 3.63) is 48.7 Å². The number of carbonyl (C=O) groups excluding carboxylic acids is 1. The first kappa shape index (κ1) is 13.3. The molecule has 4 aromatic rings. The monoisotopic (exact) mass is 308 g/mol. The van der Waals surface area contributed by atoms with Crippen molar-refractivity contribution in [1.29, 1.82) is 0 Å². The fourth-order valence-corrected chi connectivity index (χ4v) is 2.45. The highest BCUT2D eigenvalue weighted by Crippen LogP contribution is 2.26. The Morgan fingerprint density at radius 1 is 1.35 bits per heavy atom. The molecular weight excluding hydrogens is 296 g/mol. The number of nitrogens with zero attached hydrogens (tertiary/aromatic N) is 4. The summed E-state index contributed by atoms with van der Waals surface area (Å²) in [6.45, 7) is 0. The van der Waals surface area contributed by atoms with E-state index in [-0.39, 0.29) is 5.91 Å². The SMILES string of the molecule is COc1cc2[nH]ncc2cc1C(=O)Nc1cnn2cnccc12. The number of hydrogen-bond acceptors (Lipinski definition) is 5. The molecule has 0 atom stereocenters. The predicted octanol–water partition coefficient (Wildman–Crippen LogP) is 1.87. The van der Waals surface area contributed by atoms with Gasteiger partial charge in [-0.3, -0.25) is 9.89 Å². The van der Waals surface area contributed by atoms with Crippen molar-refractivity contribution in [2.45, 2.75) is 0 Å². The Morgan fingerprint density at radius 3 is 3.13 bits per heavy atom. The molecule has 0 unspecified atom stereocenters. The van der Waals surface area contributed by atoms with Crippen LogP contribution >= 0.6 is 0 Å². The van der Waals surface area contributed by atoms with E-state index in [0.717, 1.165) is 16.4 Å². The Kier molecular flexibility index (Phi) is 2.94. The van der Waals surface area contributed by atoms with Crippen LogP contribution in [-0.4, -0.2) is 37.8 Å². The smallest absolute Gasteiger partial charge is 0.259 e. The van der Waals surface area contributed by atoms with Crippen LogP contribution in [0, 0.1) is 0 Å². The zero-order valence-corrected chi connectivity index (χ0v) is 12.1. The molecule has 0 saturated heterocycles. The number of H-pyrrole nitrogens is 1. The third-order valence-corrected chi connectivity index (χ3v) is 3.58. The van der Waals surface area contributed by atoms with Gasteiger partial charge in [-0.05, 0) is 12.1 Å². The Balaban J connectivity index is 1.74. The van der Waals surface area contributed by atoms with Crippen LogP contribution in [0.25, 0.3) is 16.4 Å². The van der Waals surface area contributed by atoms with Gasteiger partial charge in [0.2, 0.25) is 0 Å². The molecule has 0 aliphatic carbocycles. The van der Waals surface area contributed by atoms with Gasteiger partial charge in [0.15, 0.2) is 0 Å². The van der Waals surface area contributed by atoms with E-state index < -0.39 is 0 Å². The van der Waals surface area contributed by atoms with Crippen LogP contribution in [0.1, 0.15) is 10.4 Å². The van der Waals surface area contributed by atoms with Gasteiger partial charge in [0.25, 0.3) is 5.91 Å². The van der Waals surface area contributed by atoms with E-state index in [1.807, 2.05) is 0 Å². The lowest BCUT2D eigenvalue weighted by molar-refractivity contribution is 0.102. The van der Waals surface area contributed by atoms with Gasteiger partial charge in [0, 0.05) is 17.6 Å². The number of anilines is 1. The first-order valence-electron chi connectivity index (χ1n) is 6.86. The third-order valence-electron chi connectivity index (χ3n) is 3.58. The number of ether oxygens (including phenoxy) is 1. The lowest BCUT2D eigenvalue weighted by Gasteiger charge is -2.09.